The van der Waals surface area contributed by atoms with Gasteiger partial charge in [-0.2, -0.15) is 0 Å². The predicted molar refractivity (Wildman–Crippen MR) is 77.4 cm³/mol. The average Bonchev–Trinajstić information content (AvgIpc) is 2.20. The molecule has 0 aliphatic heterocycles. The second-order valence-corrected chi connectivity index (χ2v) is 5.85. The molecule has 0 unspecified atom stereocenters. The zero-order chi connectivity index (χ0) is 14.6. The Kier molecular flexibility index (Phi) is 4.94. The lowest BCUT2D eigenvalue weighted by Gasteiger charge is -2.24. The molecule has 0 saturated heterocycles. The van der Waals surface area contributed by atoms with Crippen molar-refractivity contribution in [1.29, 1.82) is 0 Å². The average molecular weight is 329 g/mol. The molecule has 6 heteroatoms. The van der Waals surface area contributed by atoms with Crippen molar-refractivity contribution in [2.24, 2.45) is 0 Å². The number of nitrogens with one attached hydrogen (secondary N) is 2. The Balaban J connectivity index is 2.64. The summed E-state index contributed by atoms with van der Waals surface area (Å²) in [6.45, 7) is 5.27. The molecule has 0 aliphatic carbocycles. The van der Waals surface area contributed by atoms with E-state index in [1.807, 2.05) is 13.0 Å². The van der Waals surface area contributed by atoms with Crippen LogP contribution in [0.3, 0.4) is 0 Å². The van der Waals surface area contributed by atoms with E-state index < -0.39 is 17.5 Å². The van der Waals surface area contributed by atoms with Gasteiger partial charge in [-0.1, -0.05) is 22.0 Å². The molecule has 0 aromatic heterocycles. The van der Waals surface area contributed by atoms with Crippen molar-refractivity contribution in [2.45, 2.75) is 32.7 Å². The van der Waals surface area contributed by atoms with Gasteiger partial charge in [-0.25, -0.2) is 4.79 Å². The van der Waals surface area contributed by atoms with Gasteiger partial charge in [-0.05, 0) is 38.5 Å². The SMILES string of the molecule is Cc1ccc(NC(=O)NC(C)(C)CC(=O)O)cc1Br. The largest absolute Gasteiger partial charge is 0.481 e. The fourth-order valence-corrected chi connectivity index (χ4v) is 1.94. The number of rotatable bonds is 4. The topological polar surface area (TPSA) is 78.4 Å². The Labute approximate surface area is 120 Å². The third-order valence-corrected chi connectivity index (χ3v) is 3.33. The Hall–Kier alpha value is -1.56. The molecule has 0 heterocycles. The maximum absolute atomic E-state index is 11.8. The summed E-state index contributed by atoms with van der Waals surface area (Å²) in [5, 5.41) is 14.0. The molecule has 0 bridgehead atoms. The van der Waals surface area contributed by atoms with Crippen LogP contribution in [0.25, 0.3) is 0 Å². The van der Waals surface area contributed by atoms with Gasteiger partial charge in [0.15, 0.2) is 0 Å². The van der Waals surface area contributed by atoms with Crippen LogP contribution in [0.4, 0.5) is 10.5 Å². The van der Waals surface area contributed by atoms with Crippen molar-refractivity contribution in [3.8, 4) is 0 Å². The molecule has 0 fully saturated rings. The van der Waals surface area contributed by atoms with Crippen molar-refractivity contribution in [3.63, 3.8) is 0 Å². The zero-order valence-corrected chi connectivity index (χ0v) is 12.7. The Bertz CT molecular complexity index is 501. The fraction of sp³-hybridized carbons (Fsp3) is 0.385. The van der Waals surface area contributed by atoms with E-state index in [9.17, 15) is 9.59 Å². The normalized spacial score (nSPS) is 10.9. The summed E-state index contributed by atoms with van der Waals surface area (Å²) >= 11 is 3.38. The van der Waals surface area contributed by atoms with Gasteiger partial charge in [0.1, 0.15) is 0 Å². The van der Waals surface area contributed by atoms with E-state index >= 15 is 0 Å². The molecular weight excluding hydrogens is 312 g/mol. The lowest BCUT2D eigenvalue weighted by atomic mass is 10.0. The molecular formula is C13H17BrN2O3. The lowest BCUT2D eigenvalue weighted by Crippen LogP contribution is -2.46. The molecule has 0 saturated carbocycles. The van der Waals surface area contributed by atoms with E-state index in [4.69, 9.17) is 5.11 Å². The van der Waals surface area contributed by atoms with Crippen LogP contribution < -0.4 is 10.6 Å². The van der Waals surface area contributed by atoms with Crippen LogP contribution in [-0.2, 0) is 4.79 Å². The number of anilines is 1. The maximum atomic E-state index is 11.8. The molecule has 19 heavy (non-hydrogen) atoms. The summed E-state index contributed by atoms with van der Waals surface area (Å²) in [6, 6.07) is 5.02. The summed E-state index contributed by atoms with van der Waals surface area (Å²) in [5.41, 5.74) is 0.899. The van der Waals surface area contributed by atoms with Gasteiger partial charge in [0.25, 0.3) is 0 Å². The highest BCUT2D eigenvalue weighted by Crippen LogP contribution is 2.20. The first kappa shape index (κ1) is 15.5. The standard InChI is InChI=1S/C13H17BrN2O3/c1-8-4-5-9(6-10(8)14)15-12(19)16-13(2,3)7-11(17)18/h4-6H,7H2,1-3H3,(H,17,18)(H2,15,16,19). The van der Waals surface area contributed by atoms with Gasteiger partial charge < -0.3 is 15.7 Å². The van der Waals surface area contributed by atoms with E-state index in [-0.39, 0.29) is 6.42 Å². The van der Waals surface area contributed by atoms with Crippen LogP contribution in [0.2, 0.25) is 0 Å². The molecule has 0 radical (unpaired) electrons. The molecule has 0 spiro atoms. The molecule has 1 rings (SSSR count). The first-order valence-corrected chi connectivity index (χ1v) is 6.56. The van der Waals surface area contributed by atoms with Crippen LogP contribution >= 0.6 is 15.9 Å². The molecule has 3 N–H and O–H groups in total. The highest BCUT2D eigenvalue weighted by atomic mass is 79.9. The predicted octanol–water partition coefficient (Wildman–Crippen LogP) is 3.13. The van der Waals surface area contributed by atoms with E-state index in [1.165, 1.54) is 0 Å². The minimum absolute atomic E-state index is 0.141. The third-order valence-electron chi connectivity index (χ3n) is 2.47. The van der Waals surface area contributed by atoms with Crippen molar-refractivity contribution in [2.75, 3.05) is 5.32 Å². The maximum Gasteiger partial charge on any atom is 0.319 e. The lowest BCUT2D eigenvalue weighted by molar-refractivity contribution is -0.138. The number of carbonyl (C=O) groups excluding carboxylic acids is 1. The first-order valence-electron chi connectivity index (χ1n) is 5.77. The summed E-state index contributed by atoms with van der Waals surface area (Å²) in [6.07, 6.45) is -0.141. The van der Waals surface area contributed by atoms with E-state index in [1.54, 1.807) is 26.0 Å². The quantitative estimate of drug-likeness (QED) is 0.794. The van der Waals surface area contributed by atoms with Crippen molar-refractivity contribution < 1.29 is 14.7 Å². The summed E-state index contributed by atoms with van der Waals surface area (Å²) in [7, 11) is 0. The van der Waals surface area contributed by atoms with Crippen molar-refractivity contribution in [3.05, 3.63) is 28.2 Å². The molecule has 1 aromatic rings. The second-order valence-electron chi connectivity index (χ2n) is 5.00. The minimum atomic E-state index is -0.955. The van der Waals surface area contributed by atoms with Gasteiger partial charge in [-0.3, -0.25) is 4.79 Å². The molecule has 0 aliphatic rings. The number of benzene rings is 1. The number of hydrogen-bond acceptors (Lipinski definition) is 2. The number of carbonyl (C=O) groups is 2. The van der Waals surface area contributed by atoms with Crippen LogP contribution in [0.15, 0.2) is 22.7 Å². The van der Waals surface area contributed by atoms with E-state index in [0.29, 0.717) is 5.69 Å². The second kappa shape index (κ2) is 6.06. The molecule has 5 nitrogen and oxygen atoms in total. The van der Waals surface area contributed by atoms with Crippen LogP contribution in [0.1, 0.15) is 25.8 Å². The van der Waals surface area contributed by atoms with Crippen LogP contribution in [0.5, 0.6) is 0 Å². The number of carboxylic acids is 1. The van der Waals surface area contributed by atoms with Gasteiger partial charge in [0.05, 0.1) is 6.42 Å². The third kappa shape index (κ3) is 5.30. The number of halogens is 1. The van der Waals surface area contributed by atoms with Crippen molar-refractivity contribution >= 4 is 33.6 Å². The summed E-state index contributed by atoms with van der Waals surface area (Å²) in [5.74, 6) is -0.955. The Morgan fingerprint density at radius 1 is 1.37 bits per heavy atom. The van der Waals surface area contributed by atoms with Crippen LogP contribution in [0, 0.1) is 6.92 Å². The fourth-order valence-electron chi connectivity index (χ4n) is 1.56. The Morgan fingerprint density at radius 3 is 2.53 bits per heavy atom. The molecule has 1 aromatic carbocycles. The highest BCUT2D eigenvalue weighted by molar-refractivity contribution is 9.10. The summed E-state index contributed by atoms with van der Waals surface area (Å²) < 4.78 is 0.898. The minimum Gasteiger partial charge on any atom is -0.481 e. The van der Waals surface area contributed by atoms with E-state index in [0.717, 1.165) is 10.0 Å². The highest BCUT2D eigenvalue weighted by Gasteiger charge is 2.23. The number of aryl methyl sites for hydroxylation is 1. The summed E-state index contributed by atoms with van der Waals surface area (Å²) in [4.78, 5) is 22.4. The van der Waals surface area contributed by atoms with Crippen LogP contribution in [-0.4, -0.2) is 22.6 Å². The van der Waals surface area contributed by atoms with E-state index in [2.05, 4.69) is 26.6 Å². The smallest absolute Gasteiger partial charge is 0.319 e. The number of urea groups is 1. The molecule has 0 atom stereocenters. The zero-order valence-electron chi connectivity index (χ0n) is 11.1. The number of carboxylic acid groups (broad SMARTS) is 1. The number of amides is 2. The molecule has 2 amide bonds. The number of hydrogen-bond donors (Lipinski definition) is 3. The van der Waals surface area contributed by atoms with Crippen molar-refractivity contribution in [1.82, 2.24) is 5.32 Å². The number of aliphatic carboxylic acids is 1. The molecule has 104 valence electrons. The van der Waals surface area contributed by atoms with Gasteiger partial charge in [0, 0.05) is 15.7 Å². The van der Waals surface area contributed by atoms with Gasteiger partial charge >= 0.3 is 12.0 Å². The Morgan fingerprint density at radius 2 is 2.00 bits per heavy atom. The first-order chi connectivity index (χ1) is 8.69. The monoisotopic (exact) mass is 328 g/mol. The van der Waals surface area contributed by atoms with Gasteiger partial charge in [-0.15, -0.1) is 0 Å². The van der Waals surface area contributed by atoms with Gasteiger partial charge in [0.2, 0.25) is 0 Å².